The van der Waals surface area contributed by atoms with Crippen molar-refractivity contribution in [1.29, 1.82) is 0 Å². The number of quaternary nitrogens is 1. The van der Waals surface area contributed by atoms with Gasteiger partial charge in [-0.2, -0.15) is 0 Å². The van der Waals surface area contributed by atoms with Gasteiger partial charge in [-0.3, -0.25) is 0 Å². The summed E-state index contributed by atoms with van der Waals surface area (Å²) in [4.78, 5) is 0. The van der Waals surface area contributed by atoms with E-state index in [0.717, 1.165) is 0 Å². The Morgan fingerprint density at radius 3 is 1.30 bits per heavy atom. The van der Waals surface area contributed by atoms with E-state index in [-0.39, 0.29) is 8.41 Å². The minimum atomic E-state index is 0. The molecule has 0 fully saturated rings. The highest BCUT2D eigenvalue weighted by Gasteiger charge is 2.21. The predicted octanol–water partition coefficient (Wildman–Crippen LogP) is 5.40. The fraction of sp³-hybridized carbons (Fsp3) is 1.00. The van der Waals surface area contributed by atoms with Crippen molar-refractivity contribution in [2.75, 3.05) is 26.2 Å². The van der Waals surface area contributed by atoms with Gasteiger partial charge in [0.15, 0.2) is 0 Å². The molecule has 0 spiro atoms. The first-order chi connectivity index (χ1) is 9.24. The van der Waals surface area contributed by atoms with Crippen molar-refractivity contribution in [1.82, 2.24) is 0 Å². The summed E-state index contributed by atoms with van der Waals surface area (Å²) in [6.45, 7) is 14.9. The SMILES string of the molecule is CCCCCCCCC[N+](CC)(CC)CCCCC.[B]. The zero-order chi connectivity index (χ0) is 14.4. The standard InChI is InChI=1S/C18H40N.B/c1-5-9-11-12-13-14-16-18-19(7-3,8-4)17-15-10-6-2;/h5-18H2,1-4H3;/q+1;. The molecule has 0 N–H and O–H groups in total. The second-order valence-corrected chi connectivity index (χ2v) is 6.25. The molecule has 0 atom stereocenters. The summed E-state index contributed by atoms with van der Waals surface area (Å²) in [6, 6.07) is 0. The lowest BCUT2D eigenvalue weighted by atomic mass is 10.1. The molecule has 2 heteroatoms. The first-order valence-corrected chi connectivity index (χ1v) is 9.09. The van der Waals surface area contributed by atoms with Crippen molar-refractivity contribution in [3.8, 4) is 0 Å². The Morgan fingerprint density at radius 1 is 0.500 bits per heavy atom. The van der Waals surface area contributed by atoms with Crippen LogP contribution >= 0.6 is 0 Å². The molecule has 0 saturated carbocycles. The maximum absolute atomic E-state index is 2.39. The van der Waals surface area contributed by atoms with Gasteiger partial charge in [0, 0.05) is 8.41 Å². The summed E-state index contributed by atoms with van der Waals surface area (Å²) in [6.07, 6.45) is 14.3. The summed E-state index contributed by atoms with van der Waals surface area (Å²) >= 11 is 0. The van der Waals surface area contributed by atoms with Gasteiger partial charge < -0.3 is 4.48 Å². The highest BCUT2D eigenvalue weighted by Crippen LogP contribution is 2.14. The molecule has 0 amide bonds. The van der Waals surface area contributed by atoms with Crippen LogP contribution in [0.2, 0.25) is 0 Å². The highest BCUT2D eigenvalue weighted by molar-refractivity contribution is 5.75. The summed E-state index contributed by atoms with van der Waals surface area (Å²) in [5.41, 5.74) is 0. The zero-order valence-corrected chi connectivity index (χ0v) is 14.9. The van der Waals surface area contributed by atoms with Gasteiger partial charge in [0.05, 0.1) is 26.2 Å². The van der Waals surface area contributed by atoms with Crippen molar-refractivity contribution in [2.24, 2.45) is 0 Å². The average Bonchev–Trinajstić information content (AvgIpc) is 2.45. The molecule has 3 radical (unpaired) electrons. The number of hydrogen-bond acceptors (Lipinski definition) is 0. The molecule has 0 bridgehead atoms. The lowest BCUT2D eigenvalue weighted by Gasteiger charge is -2.37. The molecule has 0 rings (SSSR count). The summed E-state index contributed by atoms with van der Waals surface area (Å²) in [5, 5.41) is 0. The predicted molar refractivity (Wildman–Crippen MR) is 94.3 cm³/mol. The van der Waals surface area contributed by atoms with Crippen LogP contribution in [0.4, 0.5) is 0 Å². The summed E-state index contributed by atoms with van der Waals surface area (Å²) < 4.78 is 1.37. The van der Waals surface area contributed by atoms with Crippen LogP contribution in [0.25, 0.3) is 0 Å². The van der Waals surface area contributed by atoms with Gasteiger partial charge in [0.25, 0.3) is 0 Å². The van der Waals surface area contributed by atoms with Crippen LogP contribution in [-0.2, 0) is 0 Å². The molecule has 0 unspecified atom stereocenters. The molecule has 0 saturated heterocycles. The number of unbranched alkanes of at least 4 members (excludes halogenated alkanes) is 8. The molecule has 119 valence electrons. The Balaban J connectivity index is 0. The normalized spacial score (nSPS) is 11.4. The summed E-state index contributed by atoms with van der Waals surface area (Å²) in [5.74, 6) is 0. The van der Waals surface area contributed by atoms with Crippen molar-refractivity contribution in [2.45, 2.75) is 91.9 Å². The Hall–Kier alpha value is 0.0249. The molecule has 0 aliphatic heterocycles. The Morgan fingerprint density at radius 2 is 0.850 bits per heavy atom. The second-order valence-electron chi connectivity index (χ2n) is 6.25. The largest absolute Gasteiger partial charge is 0.324 e. The second kappa shape index (κ2) is 15.4. The van der Waals surface area contributed by atoms with Crippen molar-refractivity contribution >= 4 is 8.41 Å². The van der Waals surface area contributed by atoms with Crippen LogP contribution in [0.1, 0.15) is 91.9 Å². The van der Waals surface area contributed by atoms with Gasteiger partial charge in [-0.15, -0.1) is 0 Å². The van der Waals surface area contributed by atoms with E-state index in [4.69, 9.17) is 0 Å². The van der Waals surface area contributed by atoms with E-state index in [1.54, 1.807) is 0 Å². The number of nitrogens with zero attached hydrogens (tertiary/aromatic N) is 1. The van der Waals surface area contributed by atoms with E-state index in [0.29, 0.717) is 0 Å². The van der Waals surface area contributed by atoms with E-state index in [2.05, 4.69) is 27.7 Å². The van der Waals surface area contributed by atoms with Crippen LogP contribution in [0.3, 0.4) is 0 Å². The number of rotatable bonds is 14. The van der Waals surface area contributed by atoms with E-state index in [1.807, 2.05) is 0 Å². The quantitative estimate of drug-likeness (QED) is 0.227. The van der Waals surface area contributed by atoms with Crippen molar-refractivity contribution in [3.63, 3.8) is 0 Å². The highest BCUT2D eigenvalue weighted by atomic mass is 15.3. The van der Waals surface area contributed by atoms with E-state index >= 15 is 0 Å². The van der Waals surface area contributed by atoms with E-state index < -0.39 is 0 Å². The average molecular weight is 281 g/mol. The molecule has 0 aliphatic rings. The van der Waals surface area contributed by atoms with Gasteiger partial charge in [-0.25, -0.2) is 0 Å². The third-order valence-corrected chi connectivity index (χ3v) is 4.81. The lowest BCUT2D eigenvalue weighted by molar-refractivity contribution is -0.925. The molecule has 20 heavy (non-hydrogen) atoms. The Kier molecular flexibility index (Phi) is 17.2. The van der Waals surface area contributed by atoms with Gasteiger partial charge >= 0.3 is 0 Å². The van der Waals surface area contributed by atoms with E-state index in [1.165, 1.54) is 94.9 Å². The Bertz CT molecular complexity index is 178. The molecule has 0 heterocycles. The molecule has 1 nitrogen and oxygen atoms in total. The minimum absolute atomic E-state index is 0. The fourth-order valence-electron chi connectivity index (χ4n) is 3.07. The van der Waals surface area contributed by atoms with Crippen molar-refractivity contribution in [3.05, 3.63) is 0 Å². The zero-order valence-electron chi connectivity index (χ0n) is 14.9. The Labute approximate surface area is 131 Å². The minimum Gasteiger partial charge on any atom is -0.324 e. The topological polar surface area (TPSA) is 0 Å². The van der Waals surface area contributed by atoms with Crippen LogP contribution in [0.5, 0.6) is 0 Å². The van der Waals surface area contributed by atoms with Crippen LogP contribution in [-0.4, -0.2) is 39.1 Å². The van der Waals surface area contributed by atoms with Gasteiger partial charge in [-0.05, 0) is 39.5 Å². The van der Waals surface area contributed by atoms with Gasteiger partial charge in [0.1, 0.15) is 0 Å². The lowest BCUT2D eigenvalue weighted by Crippen LogP contribution is -2.49. The molecule has 0 aliphatic carbocycles. The fourth-order valence-corrected chi connectivity index (χ4v) is 3.07. The first-order valence-electron chi connectivity index (χ1n) is 9.09. The maximum atomic E-state index is 2.39. The first kappa shape index (κ1) is 22.3. The van der Waals surface area contributed by atoms with E-state index in [9.17, 15) is 0 Å². The molecular formula is C18H40BN+. The molecular weight excluding hydrogens is 241 g/mol. The third kappa shape index (κ3) is 10.8. The van der Waals surface area contributed by atoms with Gasteiger partial charge in [-0.1, -0.05) is 52.4 Å². The van der Waals surface area contributed by atoms with Crippen LogP contribution in [0.15, 0.2) is 0 Å². The smallest absolute Gasteiger partial charge is 0.0786 e. The maximum Gasteiger partial charge on any atom is 0.0786 e. The summed E-state index contributed by atoms with van der Waals surface area (Å²) in [7, 11) is 0. The molecule has 0 aromatic rings. The molecule has 0 aromatic heterocycles. The third-order valence-electron chi connectivity index (χ3n) is 4.81. The molecule has 0 aromatic carbocycles. The van der Waals surface area contributed by atoms with Crippen LogP contribution in [0, 0.1) is 0 Å². The van der Waals surface area contributed by atoms with Crippen molar-refractivity contribution < 1.29 is 4.48 Å². The number of hydrogen-bond donors (Lipinski definition) is 0. The monoisotopic (exact) mass is 281 g/mol. The van der Waals surface area contributed by atoms with Crippen LogP contribution < -0.4 is 0 Å². The van der Waals surface area contributed by atoms with Gasteiger partial charge in [0.2, 0.25) is 0 Å².